The topological polar surface area (TPSA) is 79.8 Å². The van der Waals surface area contributed by atoms with Crippen molar-refractivity contribution in [1.29, 1.82) is 0 Å². The van der Waals surface area contributed by atoms with Gasteiger partial charge in [-0.25, -0.2) is 9.97 Å². The molecule has 0 aliphatic rings. The first-order valence-corrected chi connectivity index (χ1v) is 8.49. The van der Waals surface area contributed by atoms with E-state index in [-0.39, 0.29) is 5.91 Å². The van der Waals surface area contributed by atoms with E-state index in [0.717, 1.165) is 11.1 Å². The van der Waals surface area contributed by atoms with Gasteiger partial charge in [0.15, 0.2) is 0 Å². The van der Waals surface area contributed by atoms with Gasteiger partial charge in [-0.2, -0.15) is 0 Å². The number of aryl methyl sites for hydroxylation is 1. The summed E-state index contributed by atoms with van der Waals surface area (Å²) in [6.45, 7) is 2.64. The molecule has 0 saturated carbocycles. The van der Waals surface area contributed by atoms with Crippen LogP contribution in [0.5, 0.6) is 0 Å². The number of hydrogen-bond donors (Lipinski definition) is 2. The van der Waals surface area contributed by atoms with Gasteiger partial charge in [0, 0.05) is 36.6 Å². The third-order valence-corrected chi connectivity index (χ3v) is 4.03. The Hall–Kier alpha value is -2.99. The number of pyridine rings is 1. The number of hydrogen-bond acceptors (Lipinski definition) is 5. The van der Waals surface area contributed by atoms with Gasteiger partial charge in [0.2, 0.25) is 0 Å². The van der Waals surface area contributed by atoms with Gasteiger partial charge in [-0.05, 0) is 30.2 Å². The minimum absolute atomic E-state index is 0.278. The van der Waals surface area contributed by atoms with E-state index in [1.807, 2.05) is 30.3 Å². The average Bonchev–Trinajstić information content (AvgIpc) is 2.66. The van der Waals surface area contributed by atoms with Gasteiger partial charge in [-0.1, -0.05) is 35.9 Å². The van der Waals surface area contributed by atoms with Crippen molar-refractivity contribution in [3.05, 3.63) is 82.5 Å². The molecule has 3 aromatic rings. The molecule has 2 heterocycles. The van der Waals surface area contributed by atoms with Gasteiger partial charge in [0.1, 0.15) is 17.3 Å². The fourth-order valence-corrected chi connectivity index (χ4v) is 2.58. The number of carbonyl (C=O) groups is 1. The first kappa shape index (κ1) is 17.8. The molecule has 1 amide bonds. The van der Waals surface area contributed by atoms with Gasteiger partial charge in [0.25, 0.3) is 5.91 Å². The fraction of sp³-hybridized carbons (Fsp3) is 0.158. The number of amides is 1. The Kier molecular flexibility index (Phi) is 5.76. The third-order valence-electron chi connectivity index (χ3n) is 3.66. The fourth-order valence-electron chi connectivity index (χ4n) is 2.38. The quantitative estimate of drug-likeness (QED) is 0.698. The summed E-state index contributed by atoms with van der Waals surface area (Å²) >= 11 is 6.11. The Morgan fingerprint density at radius 3 is 2.73 bits per heavy atom. The van der Waals surface area contributed by atoms with E-state index in [4.69, 9.17) is 11.6 Å². The molecule has 2 aromatic heterocycles. The summed E-state index contributed by atoms with van der Waals surface area (Å²) in [7, 11) is 0. The molecule has 0 unspecified atom stereocenters. The molecule has 0 saturated heterocycles. The Morgan fingerprint density at radius 2 is 1.96 bits per heavy atom. The molecule has 0 aliphatic heterocycles. The van der Waals surface area contributed by atoms with Gasteiger partial charge >= 0.3 is 0 Å². The number of anilines is 1. The van der Waals surface area contributed by atoms with E-state index in [1.54, 1.807) is 31.5 Å². The first-order valence-electron chi connectivity index (χ1n) is 8.12. The van der Waals surface area contributed by atoms with Crippen molar-refractivity contribution in [2.24, 2.45) is 0 Å². The van der Waals surface area contributed by atoms with Crippen LogP contribution in [0.4, 0.5) is 5.82 Å². The predicted molar refractivity (Wildman–Crippen MR) is 101 cm³/mol. The Labute approximate surface area is 156 Å². The number of benzene rings is 1. The van der Waals surface area contributed by atoms with Crippen molar-refractivity contribution in [3.63, 3.8) is 0 Å². The molecule has 0 radical (unpaired) electrons. The van der Waals surface area contributed by atoms with Crippen molar-refractivity contribution in [1.82, 2.24) is 20.3 Å². The molecular formula is C19H18ClN5O. The summed E-state index contributed by atoms with van der Waals surface area (Å²) in [6, 6.07) is 12.9. The van der Waals surface area contributed by atoms with E-state index in [0.29, 0.717) is 35.4 Å². The van der Waals surface area contributed by atoms with E-state index in [1.165, 1.54) is 0 Å². The zero-order valence-corrected chi connectivity index (χ0v) is 15.0. The van der Waals surface area contributed by atoms with Crippen LogP contribution in [0.1, 0.15) is 27.4 Å². The first-order chi connectivity index (χ1) is 12.6. The van der Waals surface area contributed by atoms with E-state index in [2.05, 4.69) is 25.6 Å². The highest BCUT2D eigenvalue weighted by Gasteiger charge is 2.11. The minimum atomic E-state index is -0.278. The van der Waals surface area contributed by atoms with Gasteiger partial charge in [0.05, 0.1) is 0 Å². The van der Waals surface area contributed by atoms with Crippen LogP contribution in [0, 0.1) is 6.92 Å². The molecule has 26 heavy (non-hydrogen) atoms. The van der Waals surface area contributed by atoms with Crippen LogP contribution in [-0.4, -0.2) is 20.9 Å². The summed E-state index contributed by atoms with van der Waals surface area (Å²) < 4.78 is 0. The van der Waals surface area contributed by atoms with Crippen molar-refractivity contribution in [3.8, 4) is 0 Å². The maximum Gasteiger partial charge on any atom is 0.270 e. The largest absolute Gasteiger partial charge is 0.366 e. The second kappa shape index (κ2) is 8.40. The average molecular weight is 368 g/mol. The van der Waals surface area contributed by atoms with Gasteiger partial charge < -0.3 is 10.6 Å². The molecule has 132 valence electrons. The standard InChI is InChI=1S/C19H18ClN5O/c1-13-24-17(19(26)23-12-15-6-2-3-7-16(15)20)9-18(25-13)22-11-14-5-4-8-21-10-14/h2-10H,11-12H2,1H3,(H,23,26)(H,22,24,25). The Balaban J connectivity index is 1.66. The molecule has 7 heteroatoms. The molecule has 0 bridgehead atoms. The molecule has 3 rings (SSSR count). The van der Waals surface area contributed by atoms with E-state index >= 15 is 0 Å². The second-order valence-electron chi connectivity index (χ2n) is 5.67. The maximum atomic E-state index is 12.4. The highest BCUT2D eigenvalue weighted by atomic mass is 35.5. The highest BCUT2D eigenvalue weighted by molar-refractivity contribution is 6.31. The molecule has 0 fully saturated rings. The Bertz CT molecular complexity index is 901. The Morgan fingerprint density at radius 1 is 1.12 bits per heavy atom. The van der Waals surface area contributed by atoms with Crippen LogP contribution >= 0.6 is 11.6 Å². The molecule has 0 aliphatic carbocycles. The van der Waals surface area contributed by atoms with Gasteiger partial charge in [-0.3, -0.25) is 9.78 Å². The third kappa shape index (κ3) is 4.77. The van der Waals surface area contributed by atoms with Crippen molar-refractivity contribution in [2.75, 3.05) is 5.32 Å². The lowest BCUT2D eigenvalue weighted by Gasteiger charge is -2.10. The van der Waals surface area contributed by atoms with E-state index in [9.17, 15) is 4.79 Å². The van der Waals surface area contributed by atoms with E-state index < -0.39 is 0 Å². The lowest BCUT2D eigenvalue weighted by Crippen LogP contribution is -2.24. The molecule has 1 aromatic carbocycles. The zero-order valence-electron chi connectivity index (χ0n) is 14.2. The number of nitrogens with one attached hydrogen (secondary N) is 2. The predicted octanol–water partition coefficient (Wildman–Crippen LogP) is 3.38. The second-order valence-corrected chi connectivity index (χ2v) is 6.08. The summed E-state index contributed by atoms with van der Waals surface area (Å²) in [5.41, 5.74) is 2.18. The van der Waals surface area contributed by atoms with Crippen LogP contribution in [0.15, 0.2) is 54.9 Å². The lowest BCUT2D eigenvalue weighted by atomic mass is 10.2. The molecular weight excluding hydrogens is 350 g/mol. The number of nitrogens with zero attached hydrogens (tertiary/aromatic N) is 3. The van der Waals surface area contributed by atoms with Crippen LogP contribution in [0.25, 0.3) is 0 Å². The summed E-state index contributed by atoms with van der Waals surface area (Å²) in [6.07, 6.45) is 3.50. The van der Waals surface area contributed by atoms with Crippen molar-refractivity contribution in [2.45, 2.75) is 20.0 Å². The highest BCUT2D eigenvalue weighted by Crippen LogP contribution is 2.15. The summed E-state index contributed by atoms with van der Waals surface area (Å²) in [5.74, 6) is 0.827. The monoisotopic (exact) mass is 367 g/mol. The van der Waals surface area contributed by atoms with Crippen molar-refractivity contribution < 1.29 is 4.79 Å². The van der Waals surface area contributed by atoms with Crippen LogP contribution in [0.2, 0.25) is 5.02 Å². The summed E-state index contributed by atoms with van der Waals surface area (Å²) in [5, 5.41) is 6.64. The molecule has 6 nitrogen and oxygen atoms in total. The number of halogens is 1. The minimum Gasteiger partial charge on any atom is -0.366 e. The normalized spacial score (nSPS) is 10.4. The van der Waals surface area contributed by atoms with Crippen LogP contribution in [0.3, 0.4) is 0 Å². The smallest absolute Gasteiger partial charge is 0.270 e. The lowest BCUT2D eigenvalue weighted by molar-refractivity contribution is 0.0945. The summed E-state index contributed by atoms with van der Waals surface area (Å²) in [4.78, 5) is 25.0. The molecule has 0 atom stereocenters. The number of rotatable bonds is 6. The zero-order chi connectivity index (χ0) is 18.4. The molecule has 2 N–H and O–H groups in total. The molecule has 0 spiro atoms. The maximum absolute atomic E-state index is 12.4. The number of aromatic nitrogens is 3. The van der Waals surface area contributed by atoms with Gasteiger partial charge in [-0.15, -0.1) is 0 Å². The van der Waals surface area contributed by atoms with Crippen LogP contribution < -0.4 is 10.6 Å². The SMILES string of the molecule is Cc1nc(NCc2cccnc2)cc(C(=O)NCc2ccccc2Cl)n1. The number of carbonyl (C=O) groups excluding carboxylic acids is 1. The van der Waals surface area contributed by atoms with Crippen LogP contribution in [-0.2, 0) is 13.1 Å². The van der Waals surface area contributed by atoms with Crippen molar-refractivity contribution >= 4 is 23.3 Å².